The first-order valence-electron chi connectivity index (χ1n) is 7.49. The first-order valence-corrected chi connectivity index (χ1v) is 7.49. The Bertz CT molecular complexity index is 527. The van der Waals surface area contributed by atoms with Crippen LogP contribution in [0.15, 0.2) is 6.20 Å². The molecule has 0 saturated heterocycles. The van der Waals surface area contributed by atoms with Crippen molar-refractivity contribution in [3.05, 3.63) is 17.7 Å². The second-order valence-electron chi connectivity index (χ2n) is 6.70. The van der Waals surface area contributed by atoms with Crippen molar-refractivity contribution in [2.45, 2.75) is 58.9 Å². The summed E-state index contributed by atoms with van der Waals surface area (Å²) in [6.45, 7) is 8.36. The molecule has 1 unspecified atom stereocenters. The van der Waals surface area contributed by atoms with Crippen LogP contribution in [0, 0.1) is 5.41 Å². The van der Waals surface area contributed by atoms with Gasteiger partial charge in [-0.15, -0.1) is 0 Å². The first kappa shape index (κ1) is 15.7. The average Bonchev–Trinajstić information content (AvgIpc) is 2.77. The second kappa shape index (κ2) is 5.97. The quantitative estimate of drug-likeness (QED) is 0.584. The van der Waals surface area contributed by atoms with E-state index in [1.807, 2.05) is 13.8 Å². The third kappa shape index (κ3) is 3.32. The van der Waals surface area contributed by atoms with Gasteiger partial charge >= 0.3 is 0 Å². The number of aromatic nitrogens is 2. The maximum atomic E-state index is 12.5. The minimum absolute atomic E-state index is 0.125. The molecule has 0 radical (unpaired) electrons. The van der Waals surface area contributed by atoms with Crippen LogP contribution in [0.4, 0.5) is 5.69 Å². The Morgan fingerprint density at radius 3 is 2.71 bits per heavy atom. The van der Waals surface area contributed by atoms with Gasteiger partial charge in [-0.3, -0.25) is 10.6 Å². The van der Waals surface area contributed by atoms with E-state index in [-0.39, 0.29) is 23.3 Å². The molecule has 1 atom stereocenters. The summed E-state index contributed by atoms with van der Waals surface area (Å²) in [5.41, 5.74) is 3.40. The van der Waals surface area contributed by atoms with Crippen molar-refractivity contribution in [1.82, 2.24) is 15.3 Å². The van der Waals surface area contributed by atoms with Crippen LogP contribution in [0.5, 0.6) is 0 Å². The molecule has 1 amide bonds. The van der Waals surface area contributed by atoms with Gasteiger partial charge in [-0.25, -0.2) is 9.97 Å². The Hall–Kier alpha value is -1.69. The molecule has 21 heavy (non-hydrogen) atoms. The lowest BCUT2D eigenvalue weighted by Gasteiger charge is -2.27. The molecule has 6 nitrogen and oxygen atoms in total. The van der Waals surface area contributed by atoms with Crippen molar-refractivity contribution in [3.63, 3.8) is 0 Å². The van der Waals surface area contributed by atoms with Crippen LogP contribution in [-0.2, 0) is 0 Å². The molecular formula is C15H25N5O. The molecule has 1 aromatic heterocycles. The Balaban J connectivity index is 2.23. The van der Waals surface area contributed by atoms with E-state index in [9.17, 15) is 4.79 Å². The Labute approximate surface area is 125 Å². The summed E-state index contributed by atoms with van der Waals surface area (Å²) in [6, 6.07) is 0.174. The van der Waals surface area contributed by atoms with Crippen molar-refractivity contribution in [1.29, 1.82) is 0 Å². The van der Waals surface area contributed by atoms with E-state index in [1.165, 1.54) is 0 Å². The molecular weight excluding hydrogens is 266 g/mol. The molecule has 0 aliphatic heterocycles. The zero-order chi connectivity index (χ0) is 15.6. The van der Waals surface area contributed by atoms with Gasteiger partial charge in [0.05, 0.1) is 11.9 Å². The monoisotopic (exact) mass is 291 g/mol. The van der Waals surface area contributed by atoms with Crippen molar-refractivity contribution in [3.8, 4) is 0 Å². The average molecular weight is 291 g/mol. The van der Waals surface area contributed by atoms with Gasteiger partial charge in [0.25, 0.3) is 5.91 Å². The minimum Gasteiger partial charge on any atom is -0.347 e. The zero-order valence-corrected chi connectivity index (χ0v) is 13.2. The molecule has 0 spiro atoms. The lowest BCUT2D eigenvalue weighted by molar-refractivity contribution is 0.0905. The molecule has 0 bridgehead atoms. The molecule has 0 aromatic carbocycles. The summed E-state index contributed by atoms with van der Waals surface area (Å²) in [7, 11) is 0. The summed E-state index contributed by atoms with van der Waals surface area (Å²) in [5.74, 6) is 6.08. The molecule has 1 aliphatic carbocycles. The van der Waals surface area contributed by atoms with Crippen LogP contribution in [-0.4, -0.2) is 21.9 Å². The van der Waals surface area contributed by atoms with Crippen LogP contribution < -0.4 is 16.6 Å². The number of hydrogen-bond donors (Lipinski definition) is 3. The number of nitrogens with two attached hydrogens (primary N) is 1. The van der Waals surface area contributed by atoms with E-state index >= 15 is 0 Å². The van der Waals surface area contributed by atoms with Gasteiger partial charge in [0.2, 0.25) is 0 Å². The number of hydrazine groups is 1. The summed E-state index contributed by atoms with van der Waals surface area (Å²) in [4.78, 5) is 21.1. The van der Waals surface area contributed by atoms with Crippen molar-refractivity contribution >= 4 is 11.6 Å². The molecule has 1 heterocycles. The molecule has 6 heteroatoms. The van der Waals surface area contributed by atoms with Gasteiger partial charge in [0.1, 0.15) is 5.82 Å². The highest BCUT2D eigenvalue weighted by molar-refractivity contribution is 5.97. The van der Waals surface area contributed by atoms with Gasteiger partial charge in [-0.1, -0.05) is 34.1 Å². The summed E-state index contributed by atoms with van der Waals surface area (Å²) >= 11 is 0. The van der Waals surface area contributed by atoms with Crippen LogP contribution in [0.1, 0.15) is 69.2 Å². The van der Waals surface area contributed by atoms with Crippen molar-refractivity contribution < 1.29 is 4.79 Å². The van der Waals surface area contributed by atoms with Crippen LogP contribution in [0.2, 0.25) is 0 Å². The Kier molecular flexibility index (Phi) is 4.46. The van der Waals surface area contributed by atoms with E-state index in [2.05, 4.69) is 34.6 Å². The van der Waals surface area contributed by atoms with Crippen molar-refractivity contribution in [2.75, 3.05) is 5.43 Å². The van der Waals surface area contributed by atoms with Gasteiger partial charge in [0, 0.05) is 12.0 Å². The highest BCUT2D eigenvalue weighted by Gasteiger charge is 2.36. The molecule has 116 valence electrons. The molecule has 1 aromatic rings. The lowest BCUT2D eigenvalue weighted by Crippen LogP contribution is -2.42. The van der Waals surface area contributed by atoms with E-state index in [0.29, 0.717) is 17.2 Å². The van der Waals surface area contributed by atoms with E-state index in [1.54, 1.807) is 6.20 Å². The standard InChI is InChI=1S/C15H25N5O/c1-9(2)13-17-8-10(20-16)12(19-13)14(21)18-11-6-5-7-15(11,3)4/h8-9,11,20H,5-7,16H2,1-4H3,(H,18,21). The van der Waals surface area contributed by atoms with Crippen LogP contribution in [0.3, 0.4) is 0 Å². The number of carbonyl (C=O) groups is 1. The Morgan fingerprint density at radius 2 is 2.19 bits per heavy atom. The number of nitrogen functional groups attached to an aromatic ring is 1. The number of anilines is 1. The predicted molar refractivity (Wildman–Crippen MR) is 82.8 cm³/mol. The Morgan fingerprint density at radius 1 is 1.48 bits per heavy atom. The molecule has 2 rings (SSSR count). The number of nitrogens with zero attached hydrogens (tertiary/aromatic N) is 2. The predicted octanol–water partition coefficient (Wildman–Crippen LogP) is 2.19. The largest absolute Gasteiger partial charge is 0.347 e. The fourth-order valence-electron chi connectivity index (χ4n) is 2.77. The summed E-state index contributed by atoms with van der Waals surface area (Å²) in [6.07, 6.45) is 4.84. The lowest BCUT2D eigenvalue weighted by atomic mass is 9.87. The normalized spacial score (nSPS) is 20.6. The highest BCUT2D eigenvalue weighted by atomic mass is 16.2. The maximum absolute atomic E-state index is 12.5. The van der Waals surface area contributed by atoms with E-state index in [0.717, 1.165) is 19.3 Å². The molecule has 1 aliphatic rings. The van der Waals surface area contributed by atoms with Crippen LogP contribution >= 0.6 is 0 Å². The number of hydrogen-bond acceptors (Lipinski definition) is 5. The topological polar surface area (TPSA) is 92.9 Å². The van der Waals surface area contributed by atoms with E-state index in [4.69, 9.17) is 5.84 Å². The fraction of sp³-hybridized carbons (Fsp3) is 0.667. The van der Waals surface area contributed by atoms with Gasteiger partial charge < -0.3 is 10.7 Å². The second-order valence-corrected chi connectivity index (χ2v) is 6.70. The third-order valence-corrected chi connectivity index (χ3v) is 4.26. The molecule has 4 N–H and O–H groups in total. The van der Waals surface area contributed by atoms with Crippen molar-refractivity contribution in [2.24, 2.45) is 11.3 Å². The smallest absolute Gasteiger partial charge is 0.272 e. The third-order valence-electron chi connectivity index (χ3n) is 4.26. The molecule has 1 saturated carbocycles. The maximum Gasteiger partial charge on any atom is 0.272 e. The first-order chi connectivity index (χ1) is 9.85. The van der Waals surface area contributed by atoms with Gasteiger partial charge in [-0.05, 0) is 18.3 Å². The fourth-order valence-corrected chi connectivity index (χ4v) is 2.77. The SMILES string of the molecule is CC(C)c1ncc(NN)c(C(=O)NC2CCCC2(C)C)n1. The minimum atomic E-state index is -0.188. The number of carbonyl (C=O) groups excluding carboxylic acids is 1. The summed E-state index contributed by atoms with van der Waals surface area (Å²) in [5, 5.41) is 3.10. The summed E-state index contributed by atoms with van der Waals surface area (Å²) < 4.78 is 0. The number of nitrogens with one attached hydrogen (secondary N) is 2. The number of amides is 1. The zero-order valence-electron chi connectivity index (χ0n) is 13.2. The number of rotatable bonds is 4. The van der Waals surface area contributed by atoms with Gasteiger partial charge in [0.15, 0.2) is 5.69 Å². The van der Waals surface area contributed by atoms with E-state index < -0.39 is 0 Å². The molecule has 1 fully saturated rings. The van der Waals surface area contributed by atoms with Gasteiger partial charge in [-0.2, -0.15) is 0 Å². The van der Waals surface area contributed by atoms with Crippen LogP contribution in [0.25, 0.3) is 0 Å². The highest BCUT2D eigenvalue weighted by Crippen LogP contribution is 2.37.